The van der Waals surface area contributed by atoms with Crippen LogP contribution in [0.1, 0.15) is 27.0 Å². The minimum Gasteiger partial charge on any atom is -0.507 e. The third-order valence-electron chi connectivity index (χ3n) is 3.03. The summed E-state index contributed by atoms with van der Waals surface area (Å²) in [5.74, 6) is -0.631. The normalized spacial score (nSPS) is 11.4. The van der Waals surface area contributed by atoms with Crippen LogP contribution in [0.25, 0.3) is 5.76 Å². The fourth-order valence-corrected chi connectivity index (χ4v) is 1.86. The first-order chi connectivity index (χ1) is 9.47. The number of allylic oxidation sites excluding steroid dienone is 1. The van der Waals surface area contributed by atoms with Crippen molar-refractivity contribution in [1.82, 2.24) is 0 Å². The first-order valence-corrected chi connectivity index (χ1v) is 6.29. The van der Waals surface area contributed by atoms with Crippen molar-refractivity contribution < 1.29 is 15.0 Å². The molecule has 2 N–H and O–H groups in total. The van der Waals surface area contributed by atoms with Gasteiger partial charge in [0.15, 0.2) is 5.78 Å². The number of rotatable bonds is 3. The van der Waals surface area contributed by atoms with Gasteiger partial charge in [-0.15, -0.1) is 0 Å². The Labute approximate surface area is 117 Å². The molecule has 0 atom stereocenters. The maximum absolute atomic E-state index is 12.1. The highest BCUT2D eigenvalue weighted by Gasteiger charge is 2.11. The molecule has 0 bridgehead atoms. The lowest BCUT2D eigenvalue weighted by molar-refractivity contribution is 0.104. The Bertz CT molecular complexity index is 667. The van der Waals surface area contributed by atoms with Gasteiger partial charge in [-0.2, -0.15) is 0 Å². The number of phenolic OH excluding ortho intramolecular Hbond substituents is 1. The monoisotopic (exact) mass is 268 g/mol. The van der Waals surface area contributed by atoms with Crippen molar-refractivity contribution in [3.63, 3.8) is 0 Å². The Morgan fingerprint density at radius 3 is 2.25 bits per heavy atom. The zero-order valence-corrected chi connectivity index (χ0v) is 11.4. The predicted octanol–water partition coefficient (Wildman–Crippen LogP) is 3.79. The molecule has 102 valence electrons. The average molecular weight is 268 g/mol. The molecule has 20 heavy (non-hydrogen) atoms. The summed E-state index contributed by atoms with van der Waals surface area (Å²) in [4.78, 5) is 12.1. The van der Waals surface area contributed by atoms with Crippen molar-refractivity contribution in [2.75, 3.05) is 0 Å². The SMILES string of the molecule is Cc1ccc(/C(O)=C/C(=O)c2cc(C)ccc2O)cc1. The zero-order chi connectivity index (χ0) is 14.7. The van der Waals surface area contributed by atoms with E-state index >= 15 is 0 Å². The highest BCUT2D eigenvalue weighted by Crippen LogP contribution is 2.21. The molecule has 0 aliphatic rings. The van der Waals surface area contributed by atoms with Crippen LogP contribution in [0.2, 0.25) is 0 Å². The van der Waals surface area contributed by atoms with E-state index in [0.717, 1.165) is 17.2 Å². The molecular weight excluding hydrogens is 252 g/mol. The van der Waals surface area contributed by atoms with E-state index in [0.29, 0.717) is 5.56 Å². The van der Waals surface area contributed by atoms with E-state index in [9.17, 15) is 15.0 Å². The Morgan fingerprint density at radius 1 is 1.00 bits per heavy atom. The van der Waals surface area contributed by atoms with Crippen LogP contribution >= 0.6 is 0 Å². The molecular formula is C17H16O3. The summed E-state index contributed by atoms with van der Waals surface area (Å²) in [5, 5.41) is 19.7. The van der Waals surface area contributed by atoms with Gasteiger partial charge in [0.25, 0.3) is 0 Å². The molecule has 2 rings (SSSR count). The maximum Gasteiger partial charge on any atom is 0.193 e. The summed E-state index contributed by atoms with van der Waals surface area (Å²) in [5.41, 5.74) is 2.69. The number of aliphatic hydroxyl groups excluding tert-OH is 1. The summed E-state index contributed by atoms with van der Waals surface area (Å²) in [7, 11) is 0. The van der Waals surface area contributed by atoms with Gasteiger partial charge in [0.2, 0.25) is 0 Å². The average Bonchev–Trinajstić information content (AvgIpc) is 2.42. The highest BCUT2D eigenvalue weighted by atomic mass is 16.3. The van der Waals surface area contributed by atoms with Crippen LogP contribution in [0.4, 0.5) is 0 Å². The fourth-order valence-electron chi connectivity index (χ4n) is 1.86. The van der Waals surface area contributed by atoms with Gasteiger partial charge in [-0.3, -0.25) is 4.79 Å². The van der Waals surface area contributed by atoms with E-state index in [-0.39, 0.29) is 17.1 Å². The Morgan fingerprint density at radius 2 is 1.60 bits per heavy atom. The van der Waals surface area contributed by atoms with E-state index in [4.69, 9.17) is 0 Å². The standard InChI is InChI=1S/C17H16O3/c1-11-3-6-13(7-4-11)16(19)10-17(20)14-9-12(2)5-8-15(14)18/h3-10,18-19H,1-2H3/b16-10-. The second-order valence-electron chi connectivity index (χ2n) is 4.78. The van der Waals surface area contributed by atoms with Gasteiger partial charge in [0.05, 0.1) is 5.56 Å². The summed E-state index contributed by atoms with van der Waals surface area (Å²) in [6.45, 7) is 3.78. The number of benzene rings is 2. The zero-order valence-electron chi connectivity index (χ0n) is 11.4. The van der Waals surface area contributed by atoms with Crippen molar-refractivity contribution in [1.29, 1.82) is 0 Å². The number of hydrogen-bond donors (Lipinski definition) is 2. The van der Waals surface area contributed by atoms with Crippen LogP contribution in [-0.2, 0) is 0 Å². The molecule has 2 aromatic carbocycles. The molecule has 3 nitrogen and oxygen atoms in total. The Balaban J connectivity index is 2.32. The number of carbonyl (C=O) groups is 1. The van der Waals surface area contributed by atoms with Crippen molar-refractivity contribution >= 4 is 11.5 Å². The Kier molecular flexibility index (Phi) is 3.89. The lowest BCUT2D eigenvalue weighted by atomic mass is 10.0. The fraction of sp³-hybridized carbons (Fsp3) is 0.118. The van der Waals surface area contributed by atoms with E-state index in [1.165, 1.54) is 6.07 Å². The summed E-state index contributed by atoms with van der Waals surface area (Å²) in [6.07, 6.45) is 1.12. The summed E-state index contributed by atoms with van der Waals surface area (Å²) in [6, 6.07) is 12.0. The predicted molar refractivity (Wildman–Crippen MR) is 79.0 cm³/mol. The van der Waals surface area contributed by atoms with Gasteiger partial charge in [-0.1, -0.05) is 41.5 Å². The molecule has 0 heterocycles. The molecule has 0 aliphatic carbocycles. The minimum absolute atomic E-state index is 0.0893. The summed E-state index contributed by atoms with van der Waals surface area (Å²) >= 11 is 0. The van der Waals surface area contributed by atoms with Crippen LogP contribution < -0.4 is 0 Å². The van der Waals surface area contributed by atoms with Crippen LogP contribution in [0.5, 0.6) is 5.75 Å². The number of aryl methyl sites for hydroxylation is 2. The topological polar surface area (TPSA) is 57.5 Å². The first-order valence-electron chi connectivity index (χ1n) is 6.29. The minimum atomic E-state index is -0.427. The molecule has 0 spiro atoms. The van der Waals surface area contributed by atoms with Crippen LogP contribution in [0.15, 0.2) is 48.5 Å². The molecule has 2 aromatic rings. The first kappa shape index (κ1) is 13.9. The second-order valence-corrected chi connectivity index (χ2v) is 4.78. The van der Waals surface area contributed by atoms with E-state index in [2.05, 4.69) is 0 Å². The molecule has 3 heteroatoms. The van der Waals surface area contributed by atoms with Crippen molar-refractivity contribution in [2.45, 2.75) is 13.8 Å². The highest BCUT2D eigenvalue weighted by molar-refractivity contribution is 6.09. The molecule has 0 unspecified atom stereocenters. The van der Waals surface area contributed by atoms with Gasteiger partial charge in [-0.05, 0) is 26.0 Å². The quantitative estimate of drug-likeness (QED) is 0.506. The number of aromatic hydroxyl groups is 1. The molecule has 0 saturated carbocycles. The van der Waals surface area contributed by atoms with Crippen molar-refractivity contribution in [3.05, 3.63) is 70.8 Å². The summed E-state index contributed by atoms with van der Waals surface area (Å²) < 4.78 is 0. The van der Waals surface area contributed by atoms with Gasteiger partial charge >= 0.3 is 0 Å². The van der Waals surface area contributed by atoms with Crippen LogP contribution in [-0.4, -0.2) is 16.0 Å². The lowest BCUT2D eigenvalue weighted by Gasteiger charge is -2.04. The van der Waals surface area contributed by atoms with Crippen molar-refractivity contribution in [3.8, 4) is 5.75 Å². The maximum atomic E-state index is 12.1. The number of ketones is 1. The number of carbonyl (C=O) groups excluding carboxylic acids is 1. The molecule has 0 aliphatic heterocycles. The molecule has 0 radical (unpaired) electrons. The lowest BCUT2D eigenvalue weighted by Crippen LogP contribution is -1.98. The van der Waals surface area contributed by atoms with Crippen molar-refractivity contribution in [2.24, 2.45) is 0 Å². The Hall–Kier alpha value is -2.55. The second kappa shape index (κ2) is 5.61. The van der Waals surface area contributed by atoms with Gasteiger partial charge in [0, 0.05) is 11.6 Å². The van der Waals surface area contributed by atoms with Gasteiger partial charge < -0.3 is 10.2 Å². The van der Waals surface area contributed by atoms with Crippen LogP contribution in [0, 0.1) is 13.8 Å². The van der Waals surface area contributed by atoms with E-state index in [1.807, 2.05) is 26.0 Å². The third kappa shape index (κ3) is 3.06. The third-order valence-corrected chi connectivity index (χ3v) is 3.03. The van der Waals surface area contributed by atoms with Crippen LogP contribution in [0.3, 0.4) is 0 Å². The molecule has 0 amide bonds. The number of phenols is 1. The molecule has 0 aromatic heterocycles. The molecule has 0 fully saturated rings. The largest absolute Gasteiger partial charge is 0.507 e. The van der Waals surface area contributed by atoms with E-state index in [1.54, 1.807) is 24.3 Å². The number of hydrogen-bond acceptors (Lipinski definition) is 3. The van der Waals surface area contributed by atoms with E-state index < -0.39 is 5.78 Å². The molecule has 0 saturated heterocycles. The smallest absolute Gasteiger partial charge is 0.193 e. The van der Waals surface area contributed by atoms with Gasteiger partial charge in [0.1, 0.15) is 11.5 Å². The van der Waals surface area contributed by atoms with Gasteiger partial charge in [-0.25, -0.2) is 0 Å². The number of aliphatic hydroxyl groups is 1.